The maximum Gasteiger partial charge on any atom is 0.472 e. The molecule has 0 aromatic heterocycles. The summed E-state index contributed by atoms with van der Waals surface area (Å²) in [4.78, 5) is 10.2. The van der Waals surface area contributed by atoms with Crippen LogP contribution in [0.2, 0.25) is 0 Å². The third-order valence-corrected chi connectivity index (χ3v) is 2.82. The van der Waals surface area contributed by atoms with Crippen LogP contribution >= 0.6 is 0 Å². The lowest BCUT2D eigenvalue weighted by atomic mass is 10.6. The average molecular weight is 219 g/mol. The van der Waals surface area contributed by atoms with Crippen LogP contribution in [0, 0.1) is 0 Å². The van der Waals surface area contributed by atoms with Crippen LogP contribution in [0.3, 0.4) is 0 Å². The predicted octanol–water partition coefficient (Wildman–Crippen LogP) is 0.403. The molecule has 0 fully saturated rings. The number of carbonyl (C=O) groups is 1. The van der Waals surface area contributed by atoms with Crippen LogP contribution in [-0.4, -0.2) is 25.8 Å². The van der Waals surface area contributed by atoms with E-state index >= 15 is 0 Å². The Morgan fingerprint density at radius 2 is 1.69 bits per heavy atom. The standard InChI is InChI=1S/C5H8F3NO3S/c1-3(2)13(11,12)9-4(10)5(6,7)8/h3H,1-2H3,(H,9,10). The number of alkyl halides is 3. The number of rotatable bonds is 2. The largest absolute Gasteiger partial charge is 0.472 e. The number of halogens is 3. The van der Waals surface area contributed by atoms with Gasteiger partial charge in [-0.1, -0.05) is 0 Å². The van der Waals surface area contributed by atoms with E-state index in [9.17, 15) is 26.4 Å². The number of hydrogen-bond acceptors (Lipinski definition) is 3. The molecule has 0 aliphatic heterocycles. The van der Waals surface area contributed by atoms with E-state index in [1.165, 1.54) is 0 Å². The molecule has 0 aliphatic carbocycles. The molecule has 0 radical (unpaired) electrons. The van der Waals surface area contributed by atoms with Crippen molar-refractivity contribution in [2.45, 2.75) is 25.3 Å². The van der Waals surface area contributed by atoms with E-state index in [0.29, 0.717) is 0 Å². The zero-order valence-corrected chi connectivity index (χ0v) is 7.66. The van der Waals surface area contributed by atoms with Gasteiger partial charge in [0, 0.05) is 0 Å². The maximum absolute atomic E-state index is 11.6. The lowest BCUT2D eigenvalue weighted by Crippen LogP contribution is -2.43. The van der Waals surface area contributed by atoms with Crippen molar-refractivity contribution in [2.75, 3.05) is 0 Å². The van der Waals surface area contributed by atoms with Crippen molar-refractivity contribution in [3.63, 3.8) is 0 Å². The van der Waals surface area contributed by atoms with E-state index in [1.54, 1.807) is 0 Å². The fraction of sp³-hybridized carbons (Fsp3) is 0.800. The normalized spacial score (nSPS) is 13.1. The van der Waals surface area contributed by atoms with Gasteiger partial charge in [-0.25, -0.2) is 13.1 Å². The van der Waals surface area contributed by atoms with Gasteiger partial charge in [0.05, 0.1) is 5.25 Å². The van der Waals surface area contributed by atoms with Gasteiger partial charge in [-0.05, 0) is 13.8 Å². The van der Waals surface area contributed by atoms with Crippen molar-refractivity contribution in [3.8, 4) is 0 Å². The summed E-state index contributed by atoms with van der Waals surface area (Å²) in [7, 11) is -4.20. The molecule has 0 rings (SSSR count). The minimum Gasteiger partial charge on any atom is -0.263 e. The first kappa shape index (κ1) is 12.2. The maximum atomic E-state index is 11.6. The van der Waals surface area contributed by atoms with E-state index in [0.717, 1.165) is 18.6 Å². The summed E-state index contributed by atoms with van der Waals surface area (Å²) < 4.78 is 57.1. The molecule has 1 N–H and O–H groups in total. The number of carbonyl (C=O) groups excluding carboxylic acids is 1. The average Bonchev–Trinajstić information content (AvgIpc) is 1.83. The van der Waals surface area contributed by atoms with Crippen molar-refractivity contribution in [2.24, 2.45) is 0 Å². The molecule has 0 atom stereocenters. The van der Waals surface area contributed by atoms with Crippen molar-refractivity contribution < 1.29 is 26.4 Å². The molecule has 1 amide bonds. The van der Waals surface area contributed by atoms with E-state index in [-0.39, 0.29) is 0 Å². The number of hydrogen-bond donors (Lipinski definition) is 1. The summed E-state index contributed by atoms with van der Waals surface area (Å²) in [6, 6.07) is 0. The minimum atomic E-state index is -5.18. The van der Waals surface area contributed by atoms with Gasteiger partial charge < -0.3 is 0 Å². The summed E-state index contributed by atoms with van der Waals surface area (Å²) in [6.07, 6.45) is -5.18. The molecule has 8 heteroatoms. The molecule has 0 spiro atoms. The summed E-state index contributed by atoms with van der Waals surface area (Å²) in [5.41, 5.74) is 0. The molecule has 0 unspecified atom stereocenters. The molecule has 78 valence electrons. The Bertz CT molecular complexity index is 293. The Kier molecular flexibility index (Phi) is 3.31. The van der Waals surface area contributed by atoms with Gasteiger partial charge >= 0.3 is 12.1 Å². The SMILES string of the molecule is CC(C)S(=O)(=O)NC(=O)C(F)(F)F. The second-order valence-electron chi connectivity index (χ2n) is 2.52. The van der Waals surface area contributed by atoms with Crippen molar-refractivity contribution in [1.82, 2.24) is 4.72 Å². The minimum absolute atomic E-state index is 0.904. The van der Waals surface area contributed by atoms with Gasteiger partial charge in [-0.15, -0.1) is 0 Å². The summed E-state index contributed by atoms with van der Waals surface area (Å²) in [5, 5.41) is -1.08. The van der Waals surface area contributed by atoms with Crippen LogP contribution in [0.15, 0.2) is 0 Å². The highest BCUT2D eigenvalue weighted by Crippen LogP contribution is 2.15. The van der Waals surface area contributed by atoms with Crippen molar-refractivity contribution in [1.29, 1.82) is 0 Å². The first-order chi connectivity index (χ1) is 5.57. The quantitative estimate of drug-likeness (QED) is 0.731. The van der Waals surface area contributed by atoms with Crippen LogP contribution in [0.25, 0.3) is 0 Å². The highest BCUT2D eigenvalue weighted by molar-refractivity contribution is 7.90. The second kappa shape index (κ2) is 3.52. The van der Waals surface area contributed by atoms with Gasteiger partial charge in [0.15, 0.2) is 0 Å². The Morgan fingerprint density at radius 1 is 1.31 bits per heavy atom. The molecule has 0 heterocycles. The van der Waals surface area contributed by atoms with E-state index < -0.39 is 27.4 Å². The van der Waals surface area contributed by atoms with E-state index in [2.05, 4.69) is 0 Å². The lowest BCUT2D eigenvalue weighted by Gasteiger charge is -2.10. The van der Waals surface area contributed by atoms with Gasteiger partial charge in [-0.2, -0.15) is 13.2 Å². The molecule has 0 saturated heterocycles. The highest BCUT2D eigenvalue weighted by atomic mass is 32.2. The summed E-state index contributed by atoms with van der Waals surface area (Å²) >= 11 is 0. The lowest BCUT2D eigenvalue weighted by molar-refractivity contribution is -0.171. The monoisotopic (exact) mass is 219 g/mol. The molecule has 0 aliphatic rings. The molecular weight excluding hydrogens is 211 g/mol. The smallest absolute Gasteiger partial charge is 0.263 e. The highest BCUT2D eigenvalue weighted by Gasteiger charge is 2.41. The summed E-state index contributed by atoms with van der Waals surface area (Å²) in [5.74, 6) is -2.47. The van der Waals surface area contributed by atoms with Gasteiger partial charge in [-0.3, -0.25) is 4.79 Å². The Morgan fingerprint density at radius 3 is 1.92 bits per heavy atom. The van der Waals surface area contributed by atoms with Crippen LogP contribution in [0.5, 0.6) is 0 Å². The fourth-order valence-corrected chi connectivity index (χ4v) is 0.915. The molecule has 0 aromatic rings. The van der Waals surface area contributed by atoms with E-state index in [1.807, 2.05) is 0 Å². The van der Waals surface area contributed by atoms with Crippen molar-refractivity contribution in [3.05, 3.63) is 0 Å². The zero-order valence-electron chi connectivity index (χ0n) is 6.84. The van der Waals surface area contributed by atoms with Gasteiger partial charge in [0.2, 0.25) is 10.0 Å². The van der Waals surface area contributed by atoms with Gasteiger partial charge in [0.1, 0.15) is 0 Å². The molecule has 4 nitrogen and oxygen atoms in total. The fourth-order valence-electron chi connectivity index (χ4n) is 0.305. The first-order valence-corrected chi connectivity index (χ1v) is 4.75. The summed E-state index contributed by atoms with van der Waals surface area (Å²) in [6.45, 7) is 2.32. The topological polar surface area (TPSA) is 63.2 Å². The molecule has 0 aromatic carbocycles. The van der Waals surface area contributed by atoms with Gasteiger partial charge in [0.25, 0.3) is 0 Å². The molecular formula is C5H8F3NO3S. The van der Waals surface area contributed by atoms with Crippen LogP contribution in [0.1, 0.15) is 13.8 Å². The third-order valence-electron chi connectivity index (χ3n) is 1.11. The third kappa shape index (κ3) is 3.62. The predicted molar refractivity (Wildman–Crippen MR) is 38.3 cm³/mol. The van der Waals surface area contributed by atoms with Crippen molar-refractivity contribution >= 4 is 15.9 Å². The Balaban J connectivity index is 4.58. The first-order valence-electron chi connectivity index (χ1n) is 3.20. The second-order valence-corrected chi connectivity index (χ2v) is 4.76. The van der Waals surface area contributed by atoms with Crippen LogP contribution < -0.4 is 4.72 Å². The molecule has 0 bridgehead atoms. The number of sulfonamides is 1. The molecule has 13 heavy (non-hydrogen) atoms. The number of amides is 1. The Hall–Kier alpha value is -0.790. The van der Waals surface area contributed by atoms with Crippen LogP contribution in [0.4, 0.5) is 13.2 Å². The Labute approximate surface area is 73.2 Å². The number of nitrogens with one attached hydrogen (secondary N) is 1. The zero-order chi connectivity index (χ0) is 10.9. The molecule has 0 saturated carbocycles. The van der Waals surface area contributed by atoms with E-state index in [4.69, 9.17) is 0 Å². The van der Waals surface area contributed by atoms with Crippen LogP contribution in [-0.2, 0) is 14.8 Å².